The quantitative estimate of drug-likeness (QED) is 0.587. The van der Waals surface area contributed by atoms with Gasteiger partial charge in [0, 0.05) is 0 Å². The van der Waals surface area contributed by atoms with Crippen LogP contribution in [-0.4, -0.2) is 18.3 Å². The van der Waals surface area contributed by atoms with E-state index in [2.05, 4.69) is 64.1 Å². The topological polar surface area (TPSA) is 42.2 Å². The molecule has 1 aliphatic heterocycles. The van der Waals surface area contributed by atoms with Crippen LogP contribution in [0.25, 0.3) is 22.3 Å². The van der Waals surface area contributed by atoms with Crippen molar-refractivity contribution in [3.05, 3.63) is 78.4 Å². The second-order valence-corrected chi connectivity index (χ2v) is 8.45. The standard InChI is InChI=1S/C25H24BNO2/c1-24(2)25(3,4)29-26(28-24)23-16-21(19-12-10-18(17-27)11-13-19)14-15-22(23)20-8-6-5-7-9-20/h5-16H,1-4H3. The molecule has 4 rings (SSSR count). The van der Waals surface area contributed by atoms with Gasteiger partial charge >= 0.3 is 7.12 Å². The molecule has 0 N–H and O–H groups in total. The number of rotatable bonds is 3. The molecular formula is C25H24BNO2. The van der Waals surface area contributed by atoms with Crippen LogP contribution in [0.3, 0.4) is 0 Å². The van der Waals surface area contributed by atoms with E-state index in [-0.39, 0.29) is 0 Å². The van der Waals surface area contributed by atoms with Crippen molar-refractivity contribution < 1.29 is 9.31 Å². The van der Waals surface area contributed by atoms with Gasteiger partial charge in [-0.3, -0.25) is 0 Å². The minimum Gasteiger partial charge on any atom is -0.399 e. The molecular weight excluding hydrogens is 357 g/mol. The largest absolute Gasteiger partial charge is 0.495 e. The van der Waals surface area contributed by atoms with E-state index >= 15 is 0 Å². The van der Waals surface area contributed by atoms with E-state index in [1.807, 2.05) is 42.5 Å². The minimum atomic E-state index is -0.450. The summed E-state index contributed by atoms with van der Waals surface area (Å²) in [5.74, 6) is 0. The van der Waals surface area contributed by atoms with Gasteiger partial charge in [0.1, 0.15) is 0 Å². The summed E-state index contributed by atoms with van der Waals surface area (Å²) >= 11 is 0. The molecule has 144 valence electrons. The first-order chi connectivity index (χ1) is 13.8. The molecule has 0 bridgehead atoms. The predicted molar refractivity (Wildman–Crippen MR) is 118 cm³/mol. The molecule has 1 saturated heterocycles. The Balaban J connectivity index is 1.82. The smallest absolute Gasteiger partial charge is 0.399 e. The van der Waals surface area contributed by atoms with Crippen molar-refractivity contribution in [1.82, 2.24) is 0 Å². The molecule has 0 aromatic heterocycles. The van der Waals surface area contributed by atoms with Gasteiger partial charge in [-0.2, -0.15) is 5.26 Å². The van der Waals surface area contributed by atoms with Gasteiger partial charge in [-0.05, 0) is 67.5 Å². The fourth-order valence-corrected chi connectivity index (χ4v) is 3.53. The first-order valence-electron chi connectivity index (χ1n) is 9.86. The van der Waals surface area contributed by atoms with Crippen molar-refractivity contribution in [2.24, 2.45) is 0 Å². The van der Waals surface area contributed by atoms with Crippen molar-refractivity contribution in [2.45, 2.75) is 38.9 Å². The summed E-state index contributed by atoms with van der Waals surface area (Å²) < 4.78 is 12.7. The fourth-order valence-electron chi connectivity index (χ4n) is 3.53. The molecule has 3 nitrogen and oxygen atoms in total. The van der Waals surface area contributed by atoms with Gasteiger partial charge in [-0.25, -0.2) is 0 Å². The van der Waals surface area contributed by atoms with Gasteiger partial charge in [0.05, 0.1) is 22.8 Å². The van der Waals surface area contributed by atoms with Crippen LogP contribution < -0.4 is 5.46 Å². The third-order valence-electron chi connectivity index (χ3n) is 5.99. The summed E-state index contributed by atoms with van der Waals surface area (Å²) in [7, 11) is -0.450. The molecule has 0 unspecified atom stereocenters. The lowest BCUT2D eigenvalue weighted by Gasteiger charge is -2.32. The normalized spacial score (nSPS) is 17.1. The lowest BCUT2D eigenvalue weighted by atomic mass is 9.73. The Labute approximate surface area is 173 Å². The Morgan fingerprint density at radius 3 is 1.90 bits per heavy atom. The van der Waals surface area contributed by atoms with E-state index in [9.17, 15) is 0 Å². The van der Waals surface area contributed by atoms with Crippen LogP contribution in [0.1, 0.15) is 33.3 Å². The highest BCUT2D eigenvalue weighted by Crippen LogP contribution is 2.37. The van der Waals surface area contributed by atoms with Gasteiger partial charge in [0.2, 0.25) is 0 Å². The highest BCUT2D eigenvalue weighted by atomic mass is 16.7. The van der Waals surface area contributed by atoms with E-state index in [1.165, 1.54) is 0 Å². The molecule has 0 saturated carbocycles. The number of benzene rings is 3. The summed E-state index contributed by atoms with van der Waals surface area (Å²) in [4.78, 5) is 0. The average Bonchev–Trinajstić information content (AvgIpc) is 2.95. The van der Waals surface area contributed by atoms with E-state index in [4.69, 9.17) is 14.6 Å². The molecule has 29 heavy (non-hydrogen) atoms. The maximum Gasteiger partial charge on any atom is 0.495 e. The van der Waals surface area contributed by atoms with Crippen molar-refractivity contribution in [2.75, 3.05) is 0 Å². The van der Waals surface area contributed by atoms with Crippen LogP contribution in [0.2, 0.25) is 0 Å². The van der Waals surface area contributed by atoms with Gasteiger partial charge in [-0.15, -0.1) is 0 Å². The Kier molecular flexibility index (Phi) is 4.82. The molecule has 1 heterocycles. The maximum atomic E-state index is 9.06. The first kappa shape index (κ1) is 19.5. The highest BCUT2D eigenvalue weighted by Gasteiger charge is 2.52. The highest BCUT2D eigenvalue weighted by molar-refractivity contribution is 6.64. The Hall–Kier alpha value is -2.87. The molecule has 0 atom stereocenters. The van der Waals surface area contributed by atoms with Crippen LogP contribution in [0.4, 0.5) is 0 Å². The lowest BCUT2D eigenvalue weighted by Crippen LogP contribution is -2.41. The Morgan fingerprint density at radius 1 is 0.724 bits per heavy atom. The zero-order valence-corrected chi connectivity index (χ0v) is 17.3. The lowest BCUT2D eigenvalue weighted by molar-refractivity contribution is 0.00578. The number of nitriles is 1. The SMILES string of the molecule is CC1(C)OB(c2cc(-c3ccc(C#N)cc3)ccc2-c2ccccc2)OC1(C)C. The molecule has 1 aliphatic rings. The van der Waals surface area contributed by atoms with Crippen LogP contribution in [0, 0.1) is 11.3 Å². The molecule has 0 amide bonds. The summed E-state index contributed by atoms with van der Waals surface area (Å²) in [6.07, 6.45) is 0. The van der Waals surface area contributed by atoms with E-state index in [1.54, 1.807) is 0 Å². The molecule has 3 aromatic rings. The number of nitrogens with zero attached hydrogens (tertiary/aromatic N) is 1. The fraction of sp³-hybridized carbons (Fsp3) is 0.240. The molecule has 3 aromatic carbocycles. The number of hydrogen-bond donors (Lipinski definition) is 0. The van der Waals surface area contributed by atoms with E-state index in [0.717, 1.165) is 27.7 Å². The van der Waals surface area contributed by atoms with Gasteiger partial charge in [0.25, 0.3) is 0 Å². The van der Waals surface area contributed by atoms with Crippen molar-refractivity contribution >= 4 is 12.6 Å². The summed E-state index contributed by atoms with van der Waals surface area (Å²) in [5.41, 5.74) is 5.20. The summed E-state index contributed by atoms with van der Waals surface area (Å²) in [6, 6.07) is 26.5. The number of hydrogen-bond acceptors (Lipinski definition) is 3. The van der Waals surface area contributed by atoms with Crippen LogP contribution in [-0.2, 0) is 9.31 Å². The second kappa shape index (κ2) is 7.19. The van der Waals surface area contributed by atoms with Crippen molar-refractivity contribution in [3.8, 4) is 28.3 Å². The molecule has 0 spiro atoms. The Morgan fingerprint density at radius 2 is 1.31 bits per heavy atom. The third-order valence-corrected chi connectivity index (χ3v) is 5.99. The van der Waals surface area contributed by atoms with Crippen LogP contribution in [0.5, 0.6) is 0 Å². The molecule has 4 heteroatoms. The summed E-state index contributed by atoms with van der Waals surface area (Å²) in [6.45, 7) is 8.28. The Bertz CT molecular complexity index is 1050. The van der Waals surface area contributed by atoms with E-state index in [0.29, 0.717) is 5.56 Å². The zero-order valence-electron chi connectivity index (χ0n) is 17.3. The van der Waals surface area contributed by atoms with Gasteiger partial charge in [0.15, 0.2) is 0 Å². The first-order valence-corrected chi connectivity index (χ1v) is 9.86. The van der Waals surface area contributed by atoms with Crippen molar-refractivity contribution in [1.29, 1.82) is 5.26 Å². The van der Waals surface area contributed by atoms with Crippen LogP contribution in [0.15, 0.2) is 72.8 Å². The minimum absolute atomic E-state index is 0.407. The maximum absolute atomic E-state index is 9.06. The van der Waals surface area contributed by atoms with Gasteiger partial charge in [-0.1, -0.05) is 60.7 Å². The average molecular weight is 381 g/mol. The monoisotopic (exact) mass is 381 g/mol. The van der Waals surface area contributed by atoms with Gasteiger partial charge < -0.3 is 9.31 Å². The summed E-state index contributed by atoms with van der Waals surface area (Å²) in [5, 5.41) is 9.06. The molecule has 1 fully saturated rings. The second-order valence-electron chi connectivity index (χ2n) is 8.45. The molecule has 0 aliphatic carbocycles. The zero-order chi connectivity index (χ0) is 20.6. The predicted octanol–water partition coefficient (Wildman–Crippen LogP) is 5.19. The van der Waals surface area contributed by atoms with Crippen molar-refractivity contribution in [3.63, 3.8) is 0 Å². The molecule has 0 radical (unpaired) electrons. The van der Waals surface area contributed by atoms with Crippen LogP contribution >= 0.6 is 0 Å². The third kappa shape index (κ3) is 3.60. The van der Waals surface area contributed by atoms with E-state index < -0.39 is 18.3 Å².